The van der Waals surface area contributed by atoms with E-state index in [1.165, 1.54) is 63.0 Å². The predicted molar refractivity (Wildman–Crippen MR) is 95.5 cm³/mol. The van der Waals surface area contributed by atoms with Crippen molar-refractivity contribution in [2.45, 2.75) is 45.4 Å². The van der Waals surface area contributed by atoms with Gasteiger partial charge in [-0.1, -0.05) is 13.0 Å². The molecule has 3 heteroatoms. The molecule has 0 saturated carbocycles. The number of likely N-dealkylation sites (tertiary alicyclic amines) is 1. The Hall–Kier alpha value is -1.22. The Labute approximate surface area is 135 Å². The van der Waals surface area contributed by atoms with Crippen molar-refractivity contribution in [3.63, 3.8) is 0 Å². The van der Waals surface area contributed by atoms with Gasteiger partial charge in [0.2, 0.25) is 0 Å². The summed E-state index contributed by atoms with van der Waals surface area (Å²) in [5, 5.41) is 0. The first-order valence-corrected chi connectivity index (χ1v) is 9.08. The van der Waals surface area contributed by atoms with Gasteiger partial charge in [0.05, 0.1) is 11.4 Å². The second-order valence-corrected chi connectivity index (χ2v) is 7.24. The fourth-order valence-corrected chi connectivity index (χ4v) is 4.00. The molecule has 0 aliphatic carbocycles. The Balaban J connectivity index is 1.49. The number of benzene rings is 1. The number of aryl methyl sites for hydroxylation is 1. The van der Waals surface area contributed by atoms with Crippen LogP contribution in [0.3, 0.4) is 0 Å². The van der Waals surface area contributed by atoms with E-state index in [-0.39, 0.29) is 0 Å². The quantitative estimate of drug-likeness (QED) is 0.844. The first kappa shape index (κ1) is 15.7. The Bertz CT molecular complexity index is 480. The number of hydrogen-bond donors (Lipinski definition) is 1. The summed E-state index contributed by atoms with van der Waals surface area (Å²) in [6.45, 7) is 8.52. The highest BCUT2D eigenvalue weighted by atomic mass is 15.2. The van der Waals surface area contributed by atoms with E-state index in [4.69, 9.17) is 5.73 Å². The van der Waals surface area contributed by atoms with Crippen LogP contribution in [0.2, 0.25) is 0 Å². The number of nitrogen functional groups attached to an aromatic ring is 1. The summed E-state index contributed by atoms with van der Waals surface area (Å²) in [6.07, 6.45) is 7.78. The molecule has 1 atom stereocenters. The average Bonchev–Trinajstić information content (AvgIpc) is 3.01. The Morgan fingerprint density at radius 1 is 1.14 bits per heavy atom. The molecule has 122 valence electrons. The van der Waals surface area contributed by atoms with Gasteiger partial charge in [0.25, 0.3) is 0 Å². The fourth-order valence-electron chi connectivity index (χ4n) is 4.00. The molecule has 2 heterocycles. The molecule has 1 unspecified atom stereocenters. The molecule has 0 bridgehead atoms. The molecule has 3 nitrogen and oxygen atoms in total. The maximum absolute atomic E-state index is 6.28. The molecule has 0 radical (unpaired) electrons. The molecule has 2 saturated heterocycles. The third-order valence-electron chi connectivity index (χ3n) is 5.22. The highest BCUT2D eigenvalue weighted by molar-refractivity contribution is 5.68. The highest BCUT2D eigenvalue weighted by Crippen LogP contribution is 2.28. The van der Waals surface area contributed by atoms with Gasteiger partial charge in [-0.3, -0.25) is 0 Å². The standard InChI is InChI=1S/C19H31N3/c1-16-6-4-10-21(15-16)11-5-7-17-8-9-19(18(20)14-17)22-12-2-3-13-22/h8-9,14,16H,2-7,10-13,15,20H2,1H3. The smallest absolute Gasteiger partial charge is 0.0600 e. The number of nitrogens with zero attached hydrogens (tertiary/aromatic N) is 2. The van der Waals surface area contributed by atoms with Crippen LogP contribution < -0.4 is 10.6 Å². The van der Waals surface area contributed by atoms with Gasteiger partial charge < -0.3 is 15.5 Å². The van der Waals surface area contributed by atoms with Crippen molar-refractivity contribution in [2.75, 3.05) is 43.4 Å². The molecule has 2 fully saturated rings. The molecule has 0 amide bonds. The van der Waals surface area contributed by atoms with E-state index in [9.17, 15) is 0 Å². The minimum Gasteiger partial charge on any atom is -0.397 e. The molecule has 3 rings (SSSR count). The van der Waals surface area contributed by atoms with E-state index in [1.807, 2.05) is 0 Å². The lowest BCUT2D eigenvalue weighted by Gasteiger charge is -2.30. The number of anilines is 2. The predicted octanol–water partition coefficient (Wildman–Crippen LogP) is 3.53. The van der Waals surface area contributed by atoms with Crippen LogP contribution in [0, 0.1) is 5.92 Å². The van der Waals surface area contributed by atoms with Crippen LogP contribution in [0.4, 0.5) is 11.4 Å². The topological polar surface area (TPSA) is 32.5 Å². The number of rotatable bonds is 5. The molecule has 2 N–H and O–H groups in total. The average molecular weight is 301 g/mol. The molecular weight excluding hydrogens is 270 g/mol. The lowest BCUT2D eigenvalue weighted by molar-refractivity contribution is 0.182. The molecule has 2 aliphatic heterocycles. The molecule has 0 aromatic heterocycles. The number of piperidine rings is 1. The van der Waals surface area contributed by atoms with Crippen molar-refractivity contribution in [3.8, 4) is 0 Å². The van der Waals surface area contributed by atoms with Crippen LogP contribution in [-0.2, 0) is 6.42 Å². The van der Waals surface area contributed by atoms with Crippen LogP contribution in [0.1, 0.15) is 44.6 Å². The van der Waals surface area contributed by atoms with Crippen molar-refractivity contribution >= 4 is 11.4 Å². The van der Waals surface area contributed by atoms with Gasteiger partial charge in [-0.2, -0.15) is 0 Å². The van der Waals surface area contributed by atoms with Crippen molar-refractivity contribution < 1.29 is 0 Å². The van der Waals surface area contributed by atoms with E-state index in [2.05, 4.69) is 34.9 Å². The van der Waals surface area contributed by atoms with Gasteiger partial charge in [-0.25, -0.2) is 0 Å². The van der Waals surface area contributed by atoms with Crippen LogP contribution in [0.5, 0.6) is 0 Å². The monoisotopic (exact) mass is 301 g/mol. The lowest BCUT2D eigenvalue weighted by Crippen LogP contribution is -2.35. The summed E-state index contributed by atoms with van der Waals surface area (Å²) in [5.74, 6) is 0.879. The van der Waals surface area contributed by atoms with E-state index >= 15 is 0 Å². The molecule has 1 aromatic rings. The fraction of sp³-hybridized carbons (Fsp3) is 0.684. The maximum Gasteiger partial charge on any atom is 0.0600 e. The Morgan fingerprint density at radius 2 is 1.95 bits per heavy atom. The summed E-state index contributed by atoms with van der Waals surface area (Å²) >= 11 is 0. The van der Waals surface area contributed by atoms with Crippen LogP contribution in [0.25, 0.3) is 0 Å². The van der Waals surface area contributed by atoms with Crippen molar-refractivity contribution in [2.24, 2.45) is 5.92 Å². The molecule has 1 aromatic carbocycles. The summed E-state index contributed by atoms with van der Waals surface area (Å²) in [6, 6.07) is 6.72. The van der Waals surface area contributed by atoms with E-state index in [0.29, 0.717) is 0 Å². The number of nitrogens with two attached hydrogens (primary N) is 1. The van der Waals surface area contributed by atoms with Gasteiger partial charge in [-0.15, -0.1) is 0 Å². The van der Waals surface area contributed by atoms with Gasteiger partial charge >= 0.3 is 0 Å². The van der Waals surface area contributed by atoms with Crippen molar-refractivity contribution in [1.29, 1.82) is 0 Å². The zero-order valence-electron chi connectivity index (χ0n) is 14.1. The number of hydrogen-bond acceptors (Lipinski definition) is 3. The lowest BCUT2D eigenvalue weighted by atomic mass is 10.00. The second-order valence-electron chi connectivity index (χ2n) is 7.24. The van der Waals surface area contributed by atoms with Crippen molar-refractivity contribution in [1.82, 2.24) is 4.90 Å². The zero-order valence-corrected chi connectivity index (χ0v) is 14.1. The van der Waals surface area contributed by atoms with Gasteiger partial charge in [0.1, 0.15) is 0 Å². The van der Waals surface area contributed by atoms with E-state index < -0.39 is 0 Å². The minimum absolute atomic E-state index is 0.879. The van der Waals surface area contributed by atoms with Crippen LogP contribution >= 0.6 is 0 Å². The normalized spacial score (nSPS) is 23.1. The summed E-state index contributed by atoms with van der Waals surface area (Å²) < 4.78 is 0. The first-order valence-electron chi connectivity index (χ1n) is 9.08. The molecule has 2 aliphatic rings. The summed E-state index contributed by atoms with van der Waals surface area (Å²) in [4.78, 5) is 5.06. The maximum atomic E-state index is 6.28. The van der Waals surface area contributed by atoms with Crippen LogP contribution in [0.15, 0.2) is 18.2 Å². The Morgan fingerprint density at radius 3 is 2.68 bits per heavy atom. The Kier molecular flexibility index (Phi) is 5.24. The van der Waals surface area contributed by atoms with Gasteiger partial charge in [0.15, 0.2) is 0 Å². The van der Waals surface area contributed by atoms with E-state index in [0.717, 1.165) is 31.1 Å². The molecular formula is C19H31N3. The van der Waals surface area contributed by atoms with E-state index in [1.54, 1.807) is 0 Å². The highest BCUT2D eigenvalue weighted by Gasteiger charge is 2.16. The summed E-state index contributed by atoms with van der Waals surface area (Å²) in [7, 11) is 0. The minimum atomic E-state index is 0.879. The van der Waals surface area contributed by atoms with Gasteiger partial charge in [-0.05, 0) is 75.2 Å². The summed E-state index contributed by atoms with van der Waals surface area (Å²) in [5.41, 5.74) is 9.88. The second kappa shape index (κ2) is 7.36. The molecule has 0 spiro atoms. The van der Waals surface area contributed by atoms with Crippen LogP contribution in [-0.4, -0.2) is 37.6 Å². The third-order valence-corrected chi connectivity index (χ3v) is 5.22. The van der Waals surface area contributed by atoms with Gasteiger partial charge in [0, 0.05) is 19.6 Å². The third kappa shape index (κ3) is 3.95. The van der Waals surface area contributed by atoms with Crippen molar-refractivity contribution in [3.05, 3.63) is 23.8 Å². The SMILES string of the molecule is CC1CCCN(CCCc2ccc(N3CCCC3)c(N)c2)C1. The zero-order chi connectivity index (χ0) is 15.4. The molecule has 22 heavy (non-hydrogen) atoms. The largest absolute Gasteiger partial charge is 0.397 e. The first-order chi connectivity index (χ1) is 10.7.